The Balaban J connectivity index is 2.34. The van der Waals surface area contributed by atoms with E-state index in [9.17, 15) is 0 Å². The van der Waals surface area contributed by atoms with E-state index in [1.807, 2.05) is 0 Å². The second-order valence-electron chi connectivity index (χ2n) is 7.04. The quantitative estimate of drug-likeness (QED) is 0.624. The van der Waals surface area contributed by atoms with E-state index >= 15 is 0 Å². The van der Waals surface area contributed by atoms with Gasteiger partial charge < -0.3 is 0 Å². The van der Waals surface area contributed by atoms with Crippen LogP contribution >= 0.6 is 0 Å². The molecule has 0 nitrogen and oxygen atoms in total. The van der Waals surface area contributed by atoms with E-state index in [1.54, 1.807) is 11.1 Å². The lowest BCUT2D eigenvalue weighted by Crippen LogP contribution is -2.20. The number of benzene rings is 1. The lowest BCUT2D eigenvalue weighted by Gasteiger charge is -2.34. The summed E-state index contributed by atoms with van der Waals surface area (Å²) in [6, 6.07) is 2.40. The first-order valence-corrected chi connectivity index (χ1v) is 7.99. The molecular formula is C19H30. The van der Waals surface area contributed by atoms with Crippen LogP contribution < -0.4 is 0 Å². The van der Waals surface area contributed by atoms with Crippen LogP contribution in [-0.4, -0.2) is 0 Å². The number of rotatable bonds is 2. The van der Waals surface area contributed by atoms with Crippen molar-refractivity contribution in [2.24, 2.45) is 11.8 Å². The summed E-state index contributed by atoms with van der Waals surface area (Å²) in [6.45, 7) is 14.0. The summed E-state index contributed by atoms with van der Waals surface area (Å²) in [4.78, 5) is 0. The van der Waals surface area contributed by atoms with Gasteiger partial charge in [0.1, 0.15) is 0 Å². The molecule has 1 aliphatic carbocycles. The molecule has 1 aliphatic rings. The average Bonchev–Trinajstić information content (AvgIpc) is 2.36. The Labute approximate surface area is 119 Å². The van der Waals surface area contributed by atoms with E-state index in [2.05, 4.69) is 47.6 Å². The largest absolute Gasteiger partial charge is 0.0625 e. The van der Waals surface area contributed by atoms with E-state index in [0.717, 1.165) is 17.8 Å². The highest BCUT2D eigenvalue weighted by Gasteiger charge is 2.27. The minimum atomic E-state index is 0.806. The summed E-state index contributed by atoms with van der Waals surface area (Å²) >= 11 is 0. The minimum Gasteiger partial charge on any atom is -0.0625 e. The van der Waals surface area contributed by atoms with Crippen LogP contribution in [0, 0.1) is 39.5 Å². The summed E-state index contributed by atoms with van der Waals surface area (Å²) in [5.74, 6) is 2.58. The van der Waals surface area contributed by atoms with E-state index in [-0.39, 0.29) is 0 Å². The third-order valence-corrected chi connectivity index (χ3v) is 5.48. The Morgan fingerprint density at radius 1 is 0.947 bits per heavy atom. The van der Waals surface area contributed by atoms with Gasteiger partial charge in [-0.1, -0.05) is 32.8 Å². The fourth-order valence-corrected chi connectivity index (χ4v) is 4.03. The average molecular weight is 258 g/mol. The van der Waals surface area contributed by atoms with E-state index in [4.69, 9.17) is 0 Å². The van der Waals surface area contributed by atoms with Crippen LogP contribution in [0.5, 0.6) is 0 Å². The highest BCUT2D eigenvalue weighted by atomic mass is 14.3. The highest BCUT2D eigenvalue weighted by Crippen LogP contribution is 2.42. The van der Waals surface area contributed by atoms with Crippen molar-refractivity contribution < 1.29 is 0 Å². The van der Waals surface area contributed by atoms with Gasteiger partial charge in [-0.05, 0) is 86.1 Å². The molecule has 0 saturated heterocycles. The molecule has 1 aromatic carbocycles. The predicted octanol–water partition coefficient (Wildman–Crippen LogP) is 5.85. The fourth-order valence-electron chi connectivity index (χ4n) is 4.03. The van der Waals surface area contributed by atoms with Crippen molar-refractivity contribution in [3.63, 3.8) is 0 Å². The molecule has 106 valence electrons. The zero-order valence-corrected chi connectivity index (χ0v) is 13.6. The van der Waals surface area contributed by atoms with Gasteiger partial charge in [0, 0.05) is 0 Å². The van der Waals surface area contributed by atoms with E-state index in [1.165, 1.54) is 42.4 Å². The van der Waals surface area contributed by atoms with Gasteiger partial charge in [-0.2, -0.15) is 0 Å². The first-order valence-electron chi connectivity index (χ1n) is 7.99. The Hall–Kier alpha value is -0.780. The van der Waals surface area contributed by atoms with Crippen molar-refractivity contribution in [1.29, 1.82) is 0 Å². The summed E-state index contributed by atoms with van der Waals surface area (Å²) < 4.78 is 0. The molecule has 0 spiro atoms. The maximum absolute atomic E-state index is 2.40. The van der Waals surface area contributed by atoms with Crippen molar-refractivity contribution >= 4 is 0 Å². The second-order valence-corrected chi connectivity index (χ2v) is 7.04. The van der Waals surface area contributed by atoms with Gasteiger partial charge in [0.25, 0.3) is 0 Å². The minimum absolute atomic E-state index is 0.806. The van der Waals surface area contributed by atoms with Crippen LogP contribution in [-0.2, 0) is 0 Å². The molecule has 2 atom stereocenters. The Bertz CT molecular complexity index is 454. The van der Waals surface area contributed by atoms with Crippen molar-refractivity contribution in [3.8, 4) is 0 Å². The highest BCUT2D eigenvalue weighted by molar-refractivity contribution is 5.45. The van der Waals surface area contributed by atoms with Gasteiger partial charge >= 0.3 is 0 Å². The van der Waals surface area contributed by atoms with Gasteiger partial charge in [0.2, 0.25) is 0 Å². The van der Waals surface area contributed by atoms with Crippen LogP contribution in [0.25, 0.3) is 0 Å². The summed E-state index contributed by atoms with van der Waals surface area (Å²) in [5.41, 5.74) is 7.72. The standard InChI is InChI=1S/C19H30/c1-12(2)17-8-7-9-18(11-17)19-14(4)10-13(3)15(5)16(19)6/h10,12,17-18H,7-9,11H2,1-6H3. The van der Waals surface area contributed by atoms with Crippen LogP contribution in [0.15, 0.2) is 6.07 Å². The number of aryl methyl sites for hydroxylation is 2. The zero-order valence-electron chi connectivity index (χ0n) is 13.6. The van der Waals surface area contributed by atoms with Gasteiger partial charge in [0.15, 0.2) is 0 Å². The summed E-state index contributed by atoms with van der Waals surface area (Å²) in [5, 5.41) is 0. The van der Waals surface area contributed by atoms with Crippen LogP contribution in [0.3, 0.4) is 0 Å². The Morgan fingerprint density at radius 2 is 1.63 bits per heavy atom. The topological polar surface area (TPSA) is 0 Å². The lowest BCUT2D eigenvalue weighted by atomic mass is 9.71. The summed E-state index contributed by atoms with van der Waals surface area (Å²) in [7, 11) is 0. The predicted molar refractivity (Wildman–Crippen MR) is 84.9 cm³/mol. The fraction of sp³-hybridized carbons (Fsp3) is 0.684. The first kappa shape index (κ1) is 14.6. The van der Waals surface area contributed by atoms with Gasteiger partial charge in [-0.25, -0.2) is 0 Å². The lowest BCUT2D eigenvalue weighted by molar-refractivity contribution is 0.254. The smallest absolute Gasteiger partial charge is 0.0154 e. The van der Waals surface area contributed by atoms with Gasteiger partial charge in [0.05, 0.1) is 0 Å². The molecule has 2 rings (SSSR count). The van der Waals surface area contributed by atoms with Crippen LogP contribution in [0.4, 0.5) is 0 Å². The van der Waals surface area contributed by atoms with Gasteiger partial charge in [-0.15, -0.1) is 0 Å². The molecule has 19 heavy (non-hydrogen) atoms. The molecule has 1 fully saturated rings. The van der Waals surface area contributed by atoms with Crippen molar-refractivity contribution in [1.82, 2.24) is 0 Å². The molecule has 2 unspecified atom stereocenters. The molecule has 0 heterocycles. The zero-order chi connectivity index (χ0) is 14.2. The first-order chi connectivity index (χ1) is 8.91. The molecule has 0 aliphatic heterocycles. The molecule has 0 radical (unpaired) electrons. The van der Waals surface area contributed by atoms with Crippen molar-refractivity contribution in [3.05, 3.63) is 33.9 Å². The number of hydrogen-bond donors (Lipinski definition) is 0. The van der Waals surface area contributed by atoms with Crippen molar-refractivity contribution in [2.75, 3.05) is 0 Å². The molecular weight excluding hydrogens is 228 g/mol. The van der Waals surface area contributed by atoms with E-state index in [0.29, 0.717) is 0 Å². The molecule has 0 bridgehead atoms. The van der Waals surface area contributed by atoms with Crippen LogP contribution in [0.1, 0.15) is 73.3 Å². The third-order valence-electron chi connectivity index (χ3n) is 5.48. The molecule has 1 aromatic rings. The molecule has 0 N–H and O–H groups in total. The molecule has 1 saturated carbocycles. The Morgan fingerprint density at radius 3 is 2.26 bits per heavy atom. The SMILES string of the molecule is Cc1cc(C)c(C2CCCC(C(C)C)C2)c(C)c1C. The van der Waals surface area contributed by atoms with Crippen LogP contribution in [0.2, 0.25) is 0 Å². The second kappa shape index (κ2) is 5.69. The normalized spacial score (nSPS) is 23.9. The molecule has 0 amide bonds. The summed E-state index contributed by atoms with van der Waals surface area (Å²) in [6.07, 6.45) is 5.66. The number of hydrogen-bond acceptors (Lipinski definition) is 0. The van der Waals surface area contributed by atoms with Gasteiger partial charge in [-0.3, -0.25) is 0 Å². The molecule has 0 aromatic heterocycles. The van der Waals surface area contributed by atoms with E-state index < -0.39 is 0 Å². The monoisotopic (exact) mass is 258 g/mol. The molecule has 0 heteroatoms. The maximum Gasteiger partial charge on any atom is -0.0154 e. The third kappa shape index (κ3) is 2.88. The Kier molecular flexibility index (Phi) is 4.38. The maximum atomic E-state index is 2.40. The van der Waals surface area contributed by atoms with Crippen molar-refractivity contribution in [2.45, 2.75) is 73.1 Å².